The van der Waals surface area contributed by atoms with Crippen molar-refractivity contribution in [3.8, 4) is 5.75 Å². The minimum atomic E-state index is -1.08. The predicted octanol–water partition coefficient (Wildman–Crippen LogP) is 1.81. The van der Waals surface area contributed by atoms with Crippen molar-refractivity contribution >= 4 is 5.91 Å². The van der Waals surface area contributed by atoms with Gasteiger partial charge in [-0.2, -0.15) is 0 Å². The molecule has 126 valence electrons. The third-order valence-corrected chi connectivity index (χ3v) is 4.11. The van der Waals surface area contributed by atoms with Crippen molar-refractivity contribution < 1.29 is 19.0 Å². The number of benzene rings is 1. The van der Waals surface area contributed by atoms with Crippen molar-refractivity contribution in [3.05, 3.63) is 60.2 Å². The first-order valence-corrected chi connectivity index (χ1v) is 7.82. The lowest BCUT2D eigenvalue weighted by Gasteiger charge is -2.23. The summed E-state index contributed by atoms with van der Waals surface area (Å²) in [5.74, 6) is 0.125. The summed E-state index contributed by atoms with van der Waals surface area (Å²) in [5.41, 5.74) is -0.185. The van der Waals surface area contributed by atoms with Gasteiger partial charge in [0.25, 0.3) is 0 Å². The van der Waals surface area contributed by atoms with Gasteiger partial charge in [-0.15, -0.1) is 0 Å². The molecule has 24 heavy (non-hydrogen) atoms. The Balaban J connectivity index is 1.53. The molecule has 0 aliphatic carbocycles. The molecule has 0 saturated carbocycles. The fourth-order valence-electron chi connectivity index (χ4n) is 2.72. The van der Waals surface area contributed by atoms with Crippen LogP contribution in [0.2, 0.25) is 0 Å². The maximum Gasteiger partial charge on any atom is 0.227 e. The van der Waals surface area contributed by atoms with Crippen molar-refractivity contribution in [2.24, 2.45) is 0 Å². The van der Waals surface area contributed by atoms with Crippen LogP contribution in [-0.2, 0) is 11.2 Å². The number of rotatable bonds is 5. The maximum absolute atomic E-state index is 12.9. The number of hydrogen-bond donors (Lipinski definition) is 1. The van der Waals surface area contributed by atoms with Crippen LogP contribution in [0.5, 0.6) is 5.75 Å². The van der Waals surface area contributed by atoms with Crippen molar-refractivity contribution in [1.29, 1.82) is 0 Å². The highest BCUT2D eigenvalue weighted by Crippen LogP contribution is 2.24. The highest BCUT2D eigenvalue weighted by atomic mass is 19.1. The summed E-state index contributed by atoms with van der Waals surface area (Å²) in [6.07, 6.45) is 4.05. The molecular weight excluding hydrogens is 311 g/mol. The largest absolute Gasteiger partial charge is 0.491 e. The molecule has 1 aromatic carbocycles. The van der Waals surface area contributed by atoms with E-state index in [9.17, 15) is 14.3 Å². The Morgan fingerprint density at radius 3 is 2.67 bits per heavy atom. The average Bonchev–Trinajstić information content (AvgIpc) is 2.98. The van der Waals surface area contributed by atoms with Gasteiger partial charge in [-0.25, -0.2) is 4.39 Å². The van der Waals surface area contributed by atoms with Crippen LogP contribution in [-0.4, -0.2) is 46.2 Å². The Morgan fingerprint density at radius 1 is 1.25 bits per heavy atom. The summed E-state index contributed by atoms with van der Waals surface area (Å²) < 4.78 is 18.4. The van der Waals surface area contributed by atoms with Crippen LogP contribution in [0, 0.1) is 5.82 Å². The van der Waals surface area contributed by atoms with Gasteiger partial charge in [-0.1, -0.05) is 0 Å². The Morgan fingerprint density at radius 2 is 1.96 bits per heavy atom. The van der Waals surface area contributed by atoms with Crippen molar-refractivity contribution in [1.82, 2.24) is 9.88 Å². The average molecular weight is 330 g/mol. The van der Waals surface area contributed by atoms with Gasteiger partial charge < -0.3 is 14.7 Å². The normalized spacial score (nSPS) is 20.2. The number of amides is 1. The molecule has 1 fully saturated rings. The van der Waals surface area contributed by atoms with E-state index in [0.717, 1.165) is 5.56 Å². The molecule has 0 spiro atoms. The summed E-state index contributed by atoms with van der Waals surface area (Å²) in [6, 6.07) is 9.24. The third kappa shape index (κ3) is 4.08. The van der Waals surface area contributed by atoms with Crippen LogP contribution < -0.4 is 4.74 Å². The molecule has 1 saturated heterocycles. The zero-order valence-electron chi connectivity index (χ0n) is 13.2. The van der Waals surface area contributed by atoms with Gasteiger partial charge in [0.05, 0.1) is 13.0 Å². The molecule has 1 amide bonds. The molecule has 1 N–H and O–H groups in total. The van der Waals surface area contributed by atoms with Crippen LogP contribution in [0.15, 0.2) is 48.8 Å². The summed E-state index contributed by atoms with van der Waals surface area (Å²) in [7, 11) is 0. The fraction of sp³-hybridized carbons (Fsp3) is 0.333. The molecular formula is C18H19FN2O3. The Kier molecular flexibility index (Phi) is 4.76. The summed E-state index contributed by atoms with van der Waals surface area (Å²) in [4.78, 5) is 17.9. The first-order chi connectivity index (χ1) is 11.5. The van der Waals surface area contributed by atoms with Gasteiger partial charge in [0.1, 0.15) is 23.8 Å². The first kappa shape index (κ1) is 16.4. The molecule has 1 aliphatic rings. The lowest BCUT2D eigenvalue weighted by atomic mass is 10.1. The van der Waals surface area contributed by atoms with Crippen LogP contribution >= 0.6 is 0 Å². The second kappa shape index (κ2) is 6.97. The second-order valence-electron chi connectivity index (χ2n) is 6.06. The number of hydrogen-bond acceptors (Lipinski definition) is 4. The lowest BCUT2D eigenvalue weighted by molar-refractivity contribution is -0.130. The van der Waals surface area contributed by atoms with E-state index in [1.807, 2.05) is 0 Å². The number of carbonyl (C=O) groups excluding carboxylic acids is 1. The zero-order valence-corrected chi connectivity index (χ0v) is 13.2. The van der Waals surface area contributed by atoms with E-state index >= 15 is 0 Å². The molecule has 0 radical (unpaired) electrons. The van der Waals surface area contributed by atoms with E-state index < -0.39 is 5.60 Å². The Bertz CT molecular complexity index is 693. The number of aliphatic hydroxyl groups is 1. The van der Waals surface area contributed by atoms with E-state index in [0.29, 0.717) is 18.7 Å². The highest BCUT2D eigenvalue weighted by molar-refractivity contribution is 5.79. The number of ether oxygens (including phenoxy) is 1. The molecule has 1 aromatic heterocycles. The van der Waals surface area contributed by atoms with E-state index in [-0.39, 0.29) is 31.3 Å². The van der Waals surface area contributed by atoms with Crippen molar-refractivity contribution in [2.75, 3.05) is 19.7 Å². The van der Waals surface area contributed by atoms with Gasteiger partial charge in [0.2, 0.25) is 5.91 Å². The number of carbonyl (C=O) groups is 1. The highest BCUT2D eigenvalue weighted by Gasteiger charge is 2.38. The van der Waals surface area contributed by atoms with Gasteiger partial charge >= 0.3 is 0 Å². The SMILES string of the molecule is O=C(Cc1ccncc1)N1CCC(O)(COc2ccc(F)cc2)C1. The molecule has 3 rings (SSSR count). The van der Waals surface area contributed by atoms with Crippen LogP contribution in [0.3, 0.4) is 0 Å². The van der Waals surface area contributed by atoms with Crippen molar-refractivity contribution in [2.45, 2.75) is 18.4 Å². The van der Waals surface area contributed by atoms with Gasteiger partial charge in [0, 0.05) is 18.9 Å². The molecule has 0 bridgehead atoms. The van der Waals surface area contributed by atoms with Crippen LogP contribution in [0.25, 0.3) is 0 Å². The predicted molar refractivity (Wildman–Crippen MR) is 86.0 cm³/mol. The summed E-state index contributed by atoms with van der Waals surface area (Å²) in [5, 5.41) is 10.6. The summed E-state index contributed by atoms with van der Waals surface area (Å²) >= 11 is 0. The van der Waals surface area contributed by atoms with Gasteiger partial charge in [-0.3, -0.25) is 9.78 Å². The van der Waals surface area contributed by atoms with E-state index in [1.165, 1.54) is 24.3 Å². The van der Waals surface area contributed by atoms with E-state index in [2.05, 4.69) is 4.98 Å². The van der Waals surface area contributed by atoms with Crippen LogP contribution in [0.4, 0.5) is 4.39 Å². The third-order valence-electron chi connectivity index (χ3n) is 4.11. The number of aromatic nitrogens is 1. The topological polar surface area (TPSA) is 62.7 Å². The number of β-amino-alcohol motifs (C(OH)–C–C–N with tert-alkyl or cyclic N) is 1. The molecule has 2 aromatic rings. The molecule has 1 aliphatic heterocycles. The standard InChI is InChI=1S/C18H19FN2O3/c19-15-1-3-16(4-2-15)24-13-18(23)7-10-21(12-18)17(22)11-14-5-8-20-9-6-14/h1-6,8-9,23H,7,10-13H2. The number of pyridine rings is 1. The van der Waals surface area contributed by atoms with E-state index in [4.69, 9.17) is 4.74 Å². The quantitative estimate of drug-likeness (QED) is 0.908. The maximum atomic E-state index is 12.9. The monoisotopic (exact) mass is 330 g/mol. The van der Waals surface area contributed by atoms with Gasteiger partial charge in [0.15, 0.2) is 0 Å². The van der Waals surface area contributed by atoms with E-state index in [1.54, 1.807) is 29.4 Å². The zero-order chi connectivity index (χ0) is 17.0. The lowest BCUT2D eigenvalue weighted by Crippen LogP contribution is -2.41. The molecule has 5 nitrogen and oxygen atoms in total. The summed E-state index contributed by atoms with van der Waals surface area (Å²) in [6.45, 7) is 0.795. The molecule has 6 heteroatoms. The Labute approximate surface area is 139 Å². The first-order valence-electron chi connectivity index (χ1n) is 7.82. The van der Waals surface area contributed by atoms with Gasteiger partial charge in [-0.05, 0) is 48.4 Å². The molecule has 2 heterocycles. The number of halogens is 1. The fourth-order valence-corrected chi connectivity index (χ4v) is 2.72. The number of likely N-dealkylation sites (tertiary alicyclic amines) is 1. The molecule has 1 unspecified atom stereocenters. The van der Waals surface area contributed by atoms with Crippen LogP contribution in [0.1, 0.15) is 12.0 Å². The Hall–Kier alpha value is -2.47. The minimum Gasteiger partial charge on any atom is -0.491 e. The minimum absolute atomic E-state index is 0.0288. The van der Waals surface area contributed by atoms with Crippen molar-refractivity contribution in [3.63, 3.8) is 0 Å². The smallest absolute Gasteiger partial charge is 0.227 e. The number of nitrogens with zero attached hydrogens (tertiary/aromatic N) is 2. The molecule has 1 atom stereocenters. The second-order valence-corrected chi connectivity index (χ2v) is 6.06.